The summed E-state index contributed by atoms with van der Waals surface area (Å²) in [5.41, 5.74) is 3.36. The highest BCUT2D eigenvalue weighted by Gasteiger charge is 2.12. The van der Waals surface area contributed by atoms with Gasteiger partial charge >= 0.3 is 5.97 Å². The van der Waals surface area contributed by atoms with Crippen molar-refractivity contribution in [2.45, 2.75) is 13.3 Å². The number of aromatic nitrogens is 1. The zero-order valence-corrected chi connectivity index (χ0v) is 15.3. The number of halogens is 1. The minimum absolute atomic E-state index is 0.0598. The SMILES string of the molecule is Cc1ccc(-c2cc(NC(=O)COC(=O)Cc3ccc(Cl)cc3)on2)cc1. The van der Waals surface area contributed by atoms with Gasteiger partial charge in [0.05, 0.1) is 6.42 Å². The van der Waals surface area contributed by atoms with Crippen molar-refractivity contribution in [3.63, 3.8) is 0 Å². The number of hydrogen-bond donors (Lipinski definition) is 1. The van der Waals surface area contributed by atoms with E-state index in [9.17, 15) is 9.59 Å². The molecule has 0 spiro atoms. The van der Waals surface area contributed by atoms with Gasteiger partial charge in [-0.2, -0.15) is 0 Å². The van der Waals surface area contributed by atoms with Gasteiger partial charge in [0.15, 0.2) is 6.61 Å². The predicted octanol–water partition coefficient (Wildman–Crippen LogP) is 4.03. The van der Waals surface area contributed by atoms with Gasteiger partial charge in [-0.3, -0.25) is 14.9 Å². The number of rotatable bonds is 6. The Balaban J connectivity index is 1.48. The molecule has 0 bridgehead atoms. The molecule has 3 aromatic rings. The molecule has 0 aliphatic carbocycles. The van der Waals surface area contributed by atoms with E-state index in [4.69, 9.17) is 20.9 Å². The number of esters is 1. The van der Waals surface area contributed by atoms with Crippen molar-refractivity contribution in [2.24, 2.45) is 0 Å². The van der Waals surface area contributed by atoms with Crippen molar-refractivity contribution in [3.05, 3.63) is 70.7 Å². The summed E-state index contributed by atoms with van der Waals surface area (Å²) in [4.78, 5) is 23.7. The van der Waals surface area contributed by atoms with Gasteiger partial charge < -0.3 is 9.26 Å². The fourth-order valence-corrected chi connectivity index (χ4v) is 2.46. The lowest BCUT2D eigenvalue weighted by atomic mass is 10.1. The average molecular weight is 385 g/mol. The molecule has 0 saturated heterocycles. The zero-order valence-electron chi connectivity index (χ0n) is 14.6. The molecule has 0 unspecified atom stereocenters. The quantitative estimate of drug-likeness (QED) is 0.649. The van der Waals surface area contributed by atoms with Crippen LogP contribution in [0.1, 0.15) is 11.1 Å². The minimum atomic E-state index is -0.509. The number of hydrogen-bond acceptors (Lipinski definition) is 5. The van der Waals surface area contributed by atoms with E-state index in [2.05, 4.69) is 10.5 Å². The van der Waals surface area contributed by atoms with E-state index in [1.54, 1.807) is 30.3 Å². The van der Waals surface area contributed by atoms with Gasteiger partial charge in [0.25, 0.3) is 5.91 Å². The number of amides is 1. The summed E-state index contributed by atoms with van der Waals surface area (Å²) in [7, 11) is 0. The summed E-state index contributed by atoms with van der Waals surface area (Å²) in [5.74, 6) is -0.833. The number of nitrogens with zero attached hydrogens (tertiary/aromatic N) is 1. The molecule has 0 saturated carbocycles. The lowest BCUT2D eigenvalue weighted by Crippen LogP contribution is -2.21. The first-order valence-corrected chi connectivity index (χ1v) is 8.61. The van der Waals surface area contributed by atoms with E-state index in [1.807, 2.05) is 31.2 Å². The molecular weight excluding hydrogens is 368 g/mol. The Kier molecular flexibility index (Phi) is 5.88. The first kappa shape index (κ1) is 18.7. The third-order valence-corrected chi connectivity index (χ3v) is 4.00. The Morgan fingerprint density at radius 3 is 2.52 bits per heavy atom. The Morgan fingerprint density at radius 1 is 1.11 bits per heavy atom. The van der Waals surface area contributed by atoms with E-state index < -0.39 is 18.5 Å². The molecule has 138 valence electrons. The zero-order chi connectivity index (χ0) is 19.2. The number of carbonyl (C=O) groups is 2. The molecular formula is C20H17ClN2O4. The number of ether oxygens (including phenoxy) is 1. The molecule has 2 aromatic carbocycles. The van der Waals surface area contributed by atoms with Crippen molar-refractivity contribution in [3.8, 4) is 11.3 Å². The molecule has 0 aliphatic heterocycles. The van der Waals surface area contributed by atoms with Gasteiger partial charge in [-0.1, -0.05) is 58.7 Å². The molecule has 1 heterocycles. The van der Waals surface area contributed by atoms with Crippen molar-refractivity contribution < 1.29 is 18.8 Å². The number of anilines is 1. The van der Waals surface area contributed by atoms with Gasteiger partial charge in [-0.25, -0.2) is 0 Å². The lowest BCUT2D eigenvalue weighted by molar-refractivity contribution is -0.146. The molecule has 0 radical (unpaired) electrons. The van der Waals surface area contributed by atoms with Crippen LogP contribution >= 0.6 is 11.6 Å². The van der Waals surface area contributed by atoms with Crippen LogP contribution in [-0.4, -0.2) is 23.6 Å². The number of aryl methyl sites for hydroxylation is 1. The Hall–Kier alpha value is -3.12. The van der Waals surface area contributed by atoms with E-state index in [0.717, 1.165) is 16.7 Å². The number of carbonyl (C=O) groups excluding carboxylic acids is 2. The van der Waals surface area contributed by atoms with Crippen LogP contribution in [0.2, 0.25) is 5.02 Å². The average Bonchev–Trinajstić information content (AvgIpc) is 3.11. The molecule has 3 rings (SSSR count). The first-order chi connectivity index (χ1) is 13.0. The summed E-state index contributed by atoms with van der Waals surface area (Å²) >= 11 is 5.79. The highest BCUT2D eigenvalue weighted by molar-refractivity contribution is 6.30. The van der Waals surface area contributed by atoms with E-state index in [-0.39, 0.29) is 12.3 Å². The topological polar surface area (TPSA) is 81.4 Å². The van der Waals surface area contributed by atoms with Crippen molar-refractivity contribution in [1.29, 1.82) is 0 Å². The highest BCUT2D eigenvalue weighted by Crippen LogP contribution is 2.22. The van der Waals surface area contributed by atoms with Crippen LogP contribution in [0, 0.1) is 6.92 Å². The third-order valence-electron chi connectivity index (χ3n) is 3.75. The van der Waals surface area contributed by atoms with Crippen molar-refractivity contribution in [1.82, 2.24) is 5.16 Å². The van der Waals surface area contributed by atoms with E-state index >= 15 is 0 Å². The van der Waals surface area contributed by atoms with Crippen LogP contribution in [0.4, 0.5) is 5.88 Å². The molecule has 6 nitrogen and oxygen atoms in total. The fourth-order valence-electron chi connectivity index (χ4n) is 2.33. The number of nitrogens with one attached hydrogen (secondary N) is 1. The molecule has 0 fully saturated rings. The predicted molar refractivity (Wildman–Crippen MR) is 101 cm³/mol. The Bertz CT molecular complexity index is 933. The molecule has 1 N–H and O–H groups in total. The maximum atomic E-state index is 11.9. The van der Waals surface area contributed by atoms with Crippen molar-refractivity contribution in [2.75, 3.05) is 11.9 Å². The molecule has 27 heavy (non-hydrogen) atoms. The summed E-state index contributed by atoms with van der Waals surface area (Å²) in [6.45, 7) is 1.58. The van der Waals surface area contributed by atoms with Gasteiger partial charge in [-0.05, 0) is 24.6 Å². The lowest BCUT2D eigenvalue weighted by Gasteiger charge is -2.04. The Labute approximate surface area is 161 Å². The molecule has 1 amide bonds. The maximum Gasteiger partial charge on any atom is 0.310 e. The van der Waals surface area contributed by atoms with Gasteiger partial charge in [0, 0.05) is 16.7 Å². The molecule has 0 aliphatic rings. The standard InChI is InChI=1S/C20H17ClN2O4/c1-13-2-6-15(7-3-13)17-11-19(27-23-17)22-18(24)12-26-20(25)10-14-4-8-16(21)9-5-14/h2-9,11H,10,12H2,1H3,(H,22,24). The number of benzene rings is 2. The van der Waals surface area contributed by atoms with Crippen LogP contribution in [0.25, 0.3) is 11.3 Å². The summed E-state index contributed by atoms with van der Waals surface area (Å²) in [6, 6.07) is 16.2. The van der Waals surface area contributed by atoms with Crippen LogP contribution in [-0.2, 0) is 20.7 Å². The van der Waals surface area contributed by atoms with Gasteiger partial charge in [0.1, 0.15) is 5.69 Å². The second-order valence-corrected chi connectivity index (χ2v) is 6.39. The van der Waals surface area contributed by atoms with Crippen LogP contribution < -0.4 is 5.32 Å². The van der Waals surface area contributed by atoms with Gasteiger partial charge in [0.2, 0.25) is 5.88 Å². The maximum absolute atomic E-state index is 11.9. The van der Waals surface area contributed by atoms with E-state index in [0.29, 0.717) is 10.7 Å². The second-order valence-electron chi connectivity index (χ2n) is 5.95. The Morgan fingerprint density at radius 2 is 1.81 bits per heavy atom. The van der Waals surface area contributed by atoms with Gasteiger partial charge in [-0.15, -0.1) is 0 Å². The smallest absolute Gasteiger partial charge is 0.310 e. The van der Waals surface area contributed by atoms with E-state index in [1.165, 1.54) is 0 Å². The van der Waals surface area contributed by atoms with Crippen LogP contribution in [0.5, 0.6) is 0 Å². The van der Waals surface area contributed by atoms with Crippen molar-refractivity contribution >= 4 is 29.4 Å². The monoisotopic (exact) mass is 384 g/mol. The fraction of sp³-hybridized carbons (Fsp3) is 0.150. The molecule has 0 atom stereocenters. The summed E-state index contributed by atoms with van der Waals surface area (Å²) in [6.07, 6.45) is 0.0598. The van der Waals surface area contributed by atoms with Crippen LogP contribution in [0.15, 0.2) is 59.1 Å². The third kappa shape index (κ3) is 5.43. The highest BCUT2D eigenvalue weighted by atomic mass is 35.5. The molecule has 7 heteroatoms. The first-order valence-electron chi connectivity index (χ1n) is 8.23. The largest absolute Gasteiger partial charge is 0.455 e. The summed E-state index contributed by atoms with van der Waals surface area (Å²) in [5, 5.41) is 7.01. The minimum Gasteiger partial charge on any atom is -0.455 e. The summed E-state index contributed by atoms with van der Waals surface area (Å²) < 4.78 is 10.1. The second kappa shape index (κ2) is 8.51. The molecule has 1 aromatic heterocycles. The van der Waals surface area contributed by atoms with Crippen LogP contribution in [0.3, 0.4) is 0 Å². The normalized spacial score (nSPS) is 10.4.